The zero-order valence-electron chi connectivity index (χ0n) is 16.8. The lowest BCUT2D eigenvalue weighted by Crippen LogP contribution is -2.48. The third kappa shape index (κ3) is 4.12. The van der Waals surface area contributed by atoms with Crippen LogP contribution < -0.4 is 10.6 Å². The van der Waals surface area contributed by atoms with Crippen LogP contribution in [0.15, 0.2) is 42.9 Å². The first-order valence-corrected chi connectivity index (χ1v) is 10.1. The van der Waals surface area contributed by atoms with Gasteiger partial charge in [0, 0.05) is 42.8 Å². The van der Waals surface area contributed by atoms with E-state index in [4.69, 9.17) is 4.74 Å². The Morgan fingerprint density at radius 1 is 1.13 bits per heavy atom. The minimum Gasteiger partial charge on any atom is -0.381 e. The summed E-state index contributed by atoms with van der Waals surface area (Å²) in [5.74, 6) is -0.108. The van der Waals surface area contributed by atoms with Crippen molar-refractivity contribution in [2.75, 3.05) is 36.9 Å². The van der Waals surface area contributed by atoms with Gasteiger partial charge in [0.05, 0.1) is 24.9 Å². The zero-order chi connectivity index (χ0) is 20.5. The topological polar surface area (TPSA) is 80.1 Å². The Bertz CT molecular complexity index is 1040. The van der Waals surface area contributed by atoms with Gasteiger partial charge >= 0.3 is 0 Å². The van der Waals surface area contributed by atoms with Gasteiger partial charge in [0.2, 0.25) is 11.9 Å². The fourth-order valence-electron chi connectivity index (χ4n) is 3.95. The van der Waals surface area contributed by atoms with Crippen molar-refractivity contribution in [3.63, 3.8) is 0 Å². The summed E-state index contributed by atoms with van der Waals surface area (Å²) in [6.45, 7) is 5.93. The Morgan fingerprint density at radius 3 is 2.80 bits per heavy atom. The van der Waals surface area contributed by atoms with Gasteiger partial charge in [0.1, 0.15) is 6.33 Å². The van der Waals surface area contributed by atoms with Crippen molar-refractivity contribution in [3.8, 4) is 5.69 Å². The maximum absolute atomic E-state index is 13.3. The number of nitrogens with zero attached hydrogens (tertiary/aromatic N) is 5. The van der Waals surface area contributed by atoms with E-state index in [1.165, 1.54) is 16.9 Å². The second-order valence-electron chi connectivity index (χ2n) is 7.88. The van der Waals surface area contributed by atoms with Gasteiger partial charge in [-0.05, 0) is 43.2 Å². The third-order valence-electron chi connectivity index (χ3n) is 5.53. The van der Waals surface area contributed by atoms with Crippen LogP contribution >= 0.6 is 0 Å². The largest absolute Gasteiger partial charge is 0.381 e. The number of benzene rings is 1. The number of hydrogen-bond acceptors (Lipinski definition) is 7. The van der Waals surface area contributed by atoms with Crippen LogP contribution in [0.4, 0.5) is 21.7 Å². The number of halogens is 1. The van der Waals surface area contributed by atoms with Gasteiger partial charge in [-0.2, -0.15) is 9.37 Å². The summed E-state index contributed by atoms with van der Waals surface area (Å²) >= 11 is 0. The molecule has 5 rings (SSSR count). The highest BCUT2D eigenvalue weighted by atomic mass is 19.1. The minimum atomic E-state index is -0.553. The average Bonchev–Trinajstić information content (AvgIpc) is 3.30. The summed E-state index contributed by atoms with van der Waals surface area (Å²) in [4.78, 5) is 10.4. The molecule has 0 saturated carbocycles. The Hall–Kier alpha value is -3.04. The Labute approximate surface area is 174 Å². The van der Waals surface area contributed by atoms with Crippen LogP contribution in [0.3, 0.4) is 0 Å². The van der Waals surface area contributed by atoms with Crippen molar-refractivity contribution in [2.24, 2.45) is 0 Å². The number of aromatic nitrogens is 4. The molecule has 0 amide bonds. The quantitative estimate of drug-likeness (QED) is 0.606. The molecule has 1 atom stereocenters. The number of aryl methyl sites for hydroxylation is 1. The predicted molar refractivity (Wildman–Crippen MR) is 112 cm³/mol. The second-order valence-corrected chi connectivity index (χ2v) is 7.88. The van der Waals surface area contributed by atoms with E-state index in [-0.39, 0.29) is 0 Å². The first-order chi connectivity index (χ1) is 14.6. The van der Waals surface area contributed by atoms with E-state index in [9.17, 15) is 4.39 Å². The SMILES string of the molecule is Cc1cc(Nc2ncn(-c3ccnc(F)c3)n2)cc(NC2CCN(C3COC3)C2)c1. The summed E-state index contributed by atoms with van der Waals surface area (Å²) in [6.07, 6.45) is 4.07. The number of nitrogens with one attached hydrogen (secondary N) is 2. The third-order valence-corrected chi connectivity index (χ3v) is 5.53. The van der Waals surface area contributed by atoms with E-state index in [1.807, 2.05) is 6.07 Å². The standard InChI is InChI=1S/C21H24FN7O/c1-14-6-16(25-15-3-5-28(10-15)19-11-30-12-19)8-17(7-14)26-21-24-13-29(27-21)18-2-4-23-20(22)9-18/h2,4,6-9,13,15,19,25H,3,5,10-12H2,1H3,(H,26,27). The van der Waals surface area contributed by atoms with Crippen LogP contribution in [0.5, 0.6) is 0 Å². The molecule has 2 aliphatic heterocycles. The summed E-state index contributed by atoms with van der Waals surface area (Å²) in [5, 5.41) is 11.3. The maximum Gasteiger partial charge on any atom is 0.246 e. The molecule has 1 unspecified atom stereocenters. The van der Waals surface area contributed by atoms with Crippen LogP contribution in [0, 0.1) is 12.9 Å². The molecular formula is C21H24FN7O. The molecule has 30 heavy (non-hydrogen) atoms. The van der Waals surface area contributed by atoms with E-state index in [1.54, 1.807) is 12.4 Å². The van der Waals surface area contributed by atoms with Crippen molar-refractivity contribution >= 4 is 17.3 Å². The summed E-state index contributed by atoms with van der Waals surface area (Å²) in [5.41, 5.74) is 3.68. The molecule has 8 nitrogen and oxygen atoms in total. The second kappa shape index (κ2) is 8.00. The number of anilines is 3. The van der Waals surface area contributed by atoms with Gasteiger partial charge in [-0.15, -0.1) is 5.10 Å². The molecule has 2 N–H and O–H groups in total. The lowest BCUT2D eigenvalue weighted by atomic mass is 10.1. The van der Waals surface area contributed by atoms with Crippen molar-refractivity contribution < 1.29 is 9.13 Å². The normalized spacial score (nSPS) is 19.6. The molecule has 0 aliphatic carbocycles. The van der Waals surface area contributed by atoms with E-state index in [0.717, 1.165) is 49.7 Å². The van der Waals surface area contributed by atoms with E-state index in [0.29, 0.717) is 23.7 Å². The Morgan fingerprint density at radius 2 is 2.00 bits per heavy atom. The molecule has 2 fully saturated rings. The Kier molecular flexibility index (Phi) is 5.06. The monoisotopic (exact) mass is 409 g/mol. The molecular weight excluding hydrogens is 385 g/mol. The molecule has 1 aromatic carbocycles. The number of ether oxygens (including phenoxy) is 1. The number of likely N-dealkylation sites (tertiary alicyclic amines) is 1. The molecule has 156 valence electrons. The predicted octanol–water partition coefficient (Wildman–Crippen LogP) is 2.74. The fraction of sp³-hybridized carbons (Fsp3) is 0.381. The van der Waals surface area contributed by atoms with Crippen molar-refractivity contribution in [1.82, 2.24) is 24.6 Å². The molecule has 0 spiro atoms. The van der Waals surface area contributed by atoms with E-state index >= 15 is 0 Å². The van der Waals surface area contributed by atoms with Gasteiger partial charge < -0.3 is 15.4 Å². The molecule has 2 saturated heterocycles. The molecule has 9 heteroatoms. The van der Waals surface area contributed by atoms with E-state index < -0.39 is 5.95 Å². The summed E-state index contributed by atoms with van der Waals surface area (Å²) in [6, 6.07) is 10.3. The van der Waals surface area contributed by atoms with Crippen LogP contribution in [0.25, 0.3) is 5.69 Å². The van der Waals surface area contributed by atoms with Crippen LogP contribution in [0.1, 0.15) is 12.0 Å². The fourth-order valence-corrected chi connectivity index (χ4v) is 3.95. The lowest BCUT2D eigenvalue weighted by molar-refractivity contribution is -0.0571. The van der Waals surface area contributed by atoms with Crippen LogP contribution in [-0.4, -0.2) is 63.0 Å². The molecule has 0 bridgehead atoms. The van der Waals surface area contributed by atoms with Crippen LogP contribution in [-0.2, 0) is 4.74 Å². The highest BCUT2D eigenvalue weighted by Gasteiger charge is 2.32. The van der Waals surface area contributed by atoms with E-state index in [2.05, 4.69) is 49.7 Å². The minimum absolute atomic E-state index is 0.430. The molecule has 4 heterocycles. The Balaban J connectivity index is 1.26. The van der Waals surface area contributed by atoms with Gasteiger partial charge in [0.25, 0.3) is 0 Å². The van der Waals surface area contributed by atoms with Crippen LogP contribution in [0.2, 0.25) is 0 Å². The summed E-state index contributed by atoms with van der Waals surface area (Å²) in [7, 11) is 0. The number of pyridine rings is 1. The molecule has 2 aliphatic rings. The van der Waals surface area contributed by atoms with Crippen molar-refractivity contribution in [2.45, 2.75) is 25.4 Å². The van der Waals surface area contributed by atoms with Gasteiger partial charge in [-0.3, -0.25) is 4.90 Å². The lowest BCUT2D eigenvalue weighted by Gasteiger charge is -2.34. The maximum atomic E-state index is 13.3. The van der Waals surface area contributed by atoms with Crippen molar-refractivity contribution in [3.05, 3.63) is 54.4 Å². The highest BCUT2D eigenvalue weighted by molar-refractivity contribution is 5.63. The number of rotatable bonds is 6. The highest BCUT2D eigenvalue weighted by Crippen LogP contribution is 2.25. The smallest absolute Gasteiger partial charge is 0.246 e. The first-order valence-electron chi connectivity index (χ1n) is 10.1. The molecule has 3 aromatic rings. The zero-order valence-corrected chi connectivity index (χ0v) is 16.8. The molecule has 0 radical (unpaired) electrons. The van der Waals surface area contributed by atoms with Gasteiger partial charge in [0.15, 0.2) is 0 Å². The molecule has 2 aromatic heterocycles. The average molecular weight is 409 g/mol. The van der Waals surface area contributed by atoms with Gasteiger partial charge in [-0.25, -0.2) is 9.67 Å². The van der Waals surface area contributed by atoms with Gasteiger partial charge in [-0.1, -0.05) is 0 Å². The summed E-state index contributed by atoms with van der Waals surface area (Å²) < 4.78 is 20.2. The van der Waals surface area contributed by atoms with Crippen molar-refractivity contribution in [1.29, 1.82) is 0 Å². The first kappa shape index (κ1) is 19.0. The number of hydrogen-bond donors (Lipinski definition) is 2.